The second kappa shape index (κ2) is 3.18. The lowest BCUT2D eigenvalue weighted by Crippen LogP contribution is -2.37. The lowest BCUT2D eigenvalue weighted by molar-refractivity contribution is 0.0519. The molecule has 0 aromatic rings. The SMILES string of the molecule is [B]C(C)(O)C1CCC(C)CC1. The van der Waals surface area contributed by atoms with Crippen molar-refractivity contribution in [2.24, 2.45) is 11.8 Å². The zero-order valence-corrected chi connectivity index (χ0v) is 7.51. The normalized spacial score (nSPS) is 38.1. The average molecular weight is 152 g/mol. The minimum atomic E-state index is -0.944. The molecule has 1 rings (SSSR count). The minimum absolute atomic E-state index is 0.318. The molecule has 11 heavy (non-hydrogen) atoms. The molecule has 1 fully saturated rings. The number of aliphatic hydroxyl groups is 1. The molecule has 1 atom stereocenters. The van der Waals surface area contributed by atoms with Crippen LogP contribution in [0.3, 0.4) is 0 Å². The lowest BCUT2D eigenvalue weighted by Gasteiger charge is -2.35. The summed E-state index contributed by atoms with van der Waals surface area (Å²) in [5, 5.41) is 9.51. The van der Waals surface area contributed by atoms with E-state index in [-0.39, 0.29) is 0 Å². The largest absolute Gasteiger partial charge is 0.400 e. The monoisotopic (exact) mass is 152 g/mol. The van der Waals surface area contributed by atoms with E-state index < -0.39 is 5.50 Å². The van der Waals surface area contributed by atoms with Gasteiger partial charge in [-0.05, 0) is 31.6 Å². The van der Waals surface area contributed by atoms with Crippen molar-refractivity contribution in [3.63, 3.8) is 0 Å². The van der Waals surface area contributed by atoms with Crippen molar-refractivity contribution >= 4 is 7.85 Å². The zero-order valence-electron chi connectivity index (χ0n) is 7.51. The van der Waals surface area contributed by atoms with Crippen molar-refractivity contribution in [1.82, 2.24) is 0 Å². The van der Waals surface area contributed by atoms with Crippen molar-refractivity contribution in [1.29, 1.82) is 0 Å². The van der Waals surface area contributed by atoms with E-state index in [2.05, 4.69) is 6.92 Å². The molecule has 1 N–H and O–H groups in total. The van der Waals surface area contributed by atoms with Crippen LogP contribution in [-0.4, -0.2) is 18.5 Å². The van der Waals surface area contributed by atoms with Crippen molar-refractivity contribution in [3.8, 4) is 0 Å². The molecule has 0 aromatic carbocycles. The molecule has 1 unspecified atom stereocenters. The molecular formula is C9H17BO. The average Bonchev–Trinajstić information content (AvgIpc) is 1.86. The van der Waals surface area contributed by atoms with Crippen molar-refractivity contribution in [2.75, 3.05) is 0 Å². The lowest BCUT2D eigenvalue weighted by atomic mass is 9.66. The van der Waals surface area contributed by atoms with Gasteiger partial charge < -0.3 is 5.11 Å². The van der Waals surface area contributed by atoms with Crippen LogP contribution in [0.15, 0.2) is 0 Å². The highest BCUT2D eigenvalue weighted by atomic mass is 16.3. The highest BCUT2D eigenvalue weighted by Crippen LogP contribution is 2.33. The predicted molar refractivity (Wildman–Crippen MR) is 47.5 cm³/mol. The fraction of sp³-hybridized carbons (Fsp3) is 1.00. The Hall–Kier alpha value is 0.0249. The summed E-state index contributed by atoms with van der Waals surface area (Å²) in [5.41, 5.74) is -0.944. The van der Waals surface area contributed by atoms with Gasteiger partial charge in [-0.2, -0.15) is 0 Å². The quantitative estimate of drug-likeness (QED) is 0.567. The summed E-state index contributed by atoms with van der Waals surface area (Å²) in [7, 11) is 5.61. The summed E-state index contributed by atoms with van der Waals surface area (Å²) >= 11 is 0. The molecule has 0 bridgehead atoms. The number of hydrogen-bond acceptors (Lipinski definition) is 1. The molecule has 0 saturated heterocycles. The first kappa shape index (κ1) is 9.12. The van der Waals surface area contributed by atoms with Gasteiger partial charge in [-0.1, -0.05) is 19.8 Å². The predicted octanol–water partition coefficient (Wildman–Crippen LogP) is 1.69. The Balaban J connectivity index is 2.39. The van der Waals surface area contributed by atoms with E-state index in [4.69, 9.17) is 7.85 Å². The molecule has 1 aliphatic carbocycles. The van der Waals surface area contributed by atoms with Gasteiger partial charge in [0.05, 0.1) is 0 Å². The van der Waals surface area contributed by atoms with Gasteiger partial charge in [0, 0.05) is 5.50 Å². The topological polar surface area (TPSA) is 20.2 Å². The van der Waals surface area contributed by atoms with Crippen LogP contribution >= 0.6 is 0 Å². The molecule has 1 nitrogen and oxygen atoms in total. The van der Waals surface area contributed by atoms with Crippen LogP contribution in [0, 0.1) is 11.8 Å². The van der Waals surface area contributed by atoms with Crippen molar-refractivity contribution < 1.29 is 5.11 Å². The van der Waals surface area contributed by atoms with E-state index in [0.717, 1.165) is 18.8 Å². The second-order valence-corrected chi connectivity index (χ2v) is 4.18. The minimum Gasteiger partial charge on any atom is -0.400 e. The summed E-state index contributed by atoms with van der Waals surface area (Å²) < 4.78 is 0. The number of hydrogen-bond donors (Lipinski definition) is 1. The molecule has 2 radical (unpaired) electrons. The summed E-state index contributed by atoms with van der Waals surface area (Å²) in [6, 6.07) is 0. The van der Waals surface area contributed by atoms with Crippen LogP contribution in [0.25, 0.3) is 0 Å². The van der Waals surface area contributed by atoms with Gasteiger partial charge in [-0.15, -0.1) is 0 Å². The molecule has 62 valence electrons. The van der Waals surface area contributed by atoms with Gasteiger partial charge in [-0.3, -0.25) is 0 Å². The Bertz CT molecular complexity index is 120. The van der Waals surface area contributed by atoms with Gasteiger partial charge in [-0.25, -0.2) is 0 Å². The maximum atomic E-state index is 9.51. The molecule has 2 heteroatoms. The fourth-order valence-electron chi connectivity index (χ4n) is 1.84. The van der Waals surface area contributed by atoms with Crippen LogP contribution in [0.5, 0.6) is 0 Å². The summed E-state index contributed by atoms with van der Waals surface area (Å²) in [6.45, 7) is 3.98. The van der Waals surface area contributed by atoms with Crippen molar-refractivity contribution in [3.05, 3.63) is 0 Å². The first-order valence-corrected chi connectivity index (χ1v) is 4.51. The molecule has 0 aliphatic heterocycles. The first-order chi connectivity index (χ1) is 5.00. The molecule has 1 saturated carbocycles. The zero-order chi connectivity index (χ0) is 8.48. The van der Waals surface area contributed by atoms with E-state index in [1.807, 2.05) is 0 Å². The third-order valence-corrected chi connectivity index (χ3v) is 2.84. The van der Waals surface area contributed by atoms with E-state index in [1.54, 1.807) is 6.92 Å². The summed E-state index contributed by atoms with van der Waals surface area (Å²) in [6.07, 6.45) is 4.62. The molecule has 0 spiro atoms. The second-order valence-electron chi connectivity index (χ2n) is 4.18. The van der Waals surface area contributed by atoms with Crippen molar-refractivity contribution in [2.45, 2.75) is 45.0 Å². The summed E-state index contributed by atoms with van der Waals surface area (Å²) in [4.78, 5) is 0. The smallest absolute Gasteiger partial charge is 0.113 e. The highest BCUT2D eigenvalue weighted by Gasteiger charge is 2.29. The third-order valence-electron chi connectivity index (χ3n) is 2.84. The fourth-order valence-corrected chi connectivity index (χ4v) is 1.84. The van der Waals surface area contributed by atoms with E-state index in [1.165, 1.54) is 12.8 Å². The third kappa shape index (κ3) is 2.51. The van der Waals surface area contributed by atoms with Gasteiger partial charge in [0.15, 0.2) is 0 Å². The maximum Gasteiger partial charge on any atom is 0.113 e. The molecule has 1 aliphatic rings. The van der Waals surface area contributed by atoms with Crippen LogP contribution < -0.4 is 0 Å². The highest BCUT2D eigenvalue weighted by molar-refractivity contribution is 6.14. The van der Waals surface area contributed by atoms with Crippen LogP contribution in [0.1, 0.15) is 39.5 Å². The molecular weight excluding hydrogens is 135 g/mol. The Labute approximate surface area is 70.6 Å². The maximum absolute atomic E-state index is 9.51. The number of rotatable bonds is 1. The Morgan fingerprint density at radius 3 is 2.09 bits per heavy atom. The molecule has 0 heterocycles. The van der Waals surface area contributed by atoms with E-state index in [9.17, 15) is 5.11 Å². The van der Waals surface area contributed by atoms with Crippen LogP contribution in [0.4, 0.5) is 0 Å². The molecule has 0 amide bonds. The first-order valence-electron chi connectivity index (χ1n) is 4.51. The standard InChI is InChI=1S/C9H17BO/c1-7-3-5-8(6-4-7)9(2,10)11/h7-8,11H,3-6H2,1-2H3. The van der Waals surface area contributed by atoms with Gasteiger partial charge in [0.25, 0.3) is 0 Å². The molecule has 0 aromatic heterocycles. The Morgan fingerprint density at radius 2 is 1.73 bits per heavy atom. The van der Waals surface area contributed by atoms with E-state index in [0.29, 0.717) is 5.92 Å². The Kier molecular flexibility index (Phi) is 2.63. The van der Waals surface area contributed by atoms with Gasteiger partial charge >= 0.3 is 0 Å². The van der Waals surface area contributed by atoms with E-state index >= 15 is 0 Å². The summed E-state index contributed by atoms with van der Waals surface area (Å²) in [5.74, 6) is 1.15. The van der Waals surface area contributed by atoms with Gasteiger partial charge in [0.1, 0.15) is 7.85 Å². The Morgan fingerprint density at radius 1 is 1.27 bits per heavy atom. The van der Waals surface area contributed by atoms with Crippen LogP contribution in [0.2, 0.25) is 0 Å². The van der Waals surface area contributed by atoms with Gasteiger partial charge in [0.2, 0.25) is 0 Å². The van der Waals surface area contributed by atoms with Crippen LogP contribution in [-0.2, 0) is 0 Å².